The van der Waals surface area contributed by atoms with Crippen molar-refractivity contribution < 1.29 is 51.8 Å². The zero-order valence-corrected chi connectivity index (χ0v) is 31.9. The van der Waals surface area contributed by atoms with Crippen LogP contribution in [-0.2, 0) is 41.6 Å². The van der Waals surface area contributed by atoms with Crippen molar-refractivity contribution in [3.05, 3.63) is 0 Å². The molecule has 3 radical (unpaired) electrons. The van der Waals surface area contributed by atoms with Gasteiger partial charge in [0, 0.05) is 29.9 Å². The second-order valence-electron chi connectivity index (χ2n) is 10.5. The Balaban J connectivity index is -0.000000288. The monoisotopic (exact) mass is 845 g/mol. The summed E-state index contributed by atoms with van der Waals surface area (Å²) in [6.45, 7) is 8.63. The number of hydrogen-bond donors (Lipinski definition) is 2. The standard InChI is InChI=1S/4C8H16O2.Cu.Pb/c4*1-2-3-4-5-6-7-8(9)10;;/h4*2-7H2,1H3,(H,9,10);;/q;;;;;+2/p-2. The molecule has 253 valence electrons. The molecular weight excluding hydrogens is 783 g/mol. The van der Waals surface area contributed by atoms with Gasteiger partial charge in [-0.15, -0.1) is 0 Å². The van der Waals surface area contributed by atoms with E-state index in [4.69, 9.17) is 15.6 Å². The van der Waals surface area contributed by atoms with Gasteiger partial charge in [-0.3, -0.25) is 9.59 Å². The zero-order valence-electron chi connectivity index (χ0n) is 27.1. The van der Waals surface area contributed by atoms with E-state index in [1.807, 2.05) is 0 Å². The molecule has 0 atom stereocenters. The summed E-state index contributed by atoms with van der Waals surface area (Å²) in [6.07, 6.45) is 23.8. The van der Waals surface area contributed by atoms with Gasteiger partial charge in [-0.2, -0.15) is 0 Å². The summed E-state index contributed by atoms with van der Waals surface area (Å²) in [5.41, 5.74) is 0. The molecular formula is C32H62CuO8Pb. The summed E-state index contributed by atoms with van der Waals surface area (Å²) in [7, 11) is 0. The Morgan fingerprint density at radius 1 is 0.429 bits per heavy atom. The van der Waals surface area contributed by atoms with Crippen molar-refractivity contribution in [1.29, 1.82) is 0 Å². The molecule has 0 aromatic rings. The first kappa shape index (κ1) is 48.2. The molecule has 0 aliphatic heterocycles. The molecule has 0 aromatic carbocycles. The Labute approximate surface area is 281 Å². The van der Waals surface area contributed by atoms with Crippen LogP contribution in [0.1, 0.15) is 182 Å². The van der Waals surface area contributed by atoms with E-state index in [0.717, 1.165) is 51.4 Å². The van der Waals surface area contributed by atoms with Crippen LogP contribution < -0.4 is 0 Å². The summed E-state index contributed by atoms with van der Waals surface area (Å²) >= 11 is -1.96. The molecule has 0 saturated carbocycles. The minimum Gasteiger partial charge on any atom is 0 e. The van der Waals surface area contributed by atoms with Gasteiger partial charge >= 0.3 is 155 Å². The predicted octanol–water partition coefficient (Wildman–Crippen LogP) is 9.19. The molecule has 0 aliphatic rings. The van der Waals surface area contributed by atoms with Gasteiger partial charge in [0.15, 0.2) is 0 Å². The summed E-state index contributed by atoms with van der Waals surface area (Å²) < 4.78 is 10.2. The van der Waals surface area contributed by atoms with Crippen LogP contribution in [0.3, 0.4) is 0 Å². The van der Waals surface area contributed by atoms with E-state index in [1.54, 1.807) is 0 Å². The van der Waals surface area contributed by atoms with E-state index in [0.29, 0.717) is 25.7 Å². The van der Waals surface area contributed by atoms with Crippen LogP contribution in [0.25, 0.3) is 0 Å². The Morgan fingerprint density at radius 3 is 0.905 bits per heavy atom. The molecule has 0 unspecified atom stereocenters. The van der Waals surface area contributed by atoms with Crippen LogP contribution in [0.15, 0.2) is 0 Å². The number of carbonyl (C=O) groups excluding carboxylic acids is 2. The first-order valence-corrected chi connectivity index (χ1v) is 19.5. The van der Waals surface area contributed by atoms with Gasteiger partial charge in [0.2, 0.25) is 0 Å². The average molecular weight is 846 g/mol. The van der Waals surface area contributed by atoms with Gasteiger partial charge in [0.25, 0.3) is 0 Å². The van der Waals surface area contributed by atoms with Crippen LogP contribution in [0.5, 0.6) is 0 Å². The molecule has 2 N–H and O–H groups in total. The molecule has 0 saturated heterocycles. The van der Waals surface area contributed by atoms with E-state index in [-0.39, 0.29) is 29.0 Å². The fraction of sp³-hybridized carbons (Fsp3) is 0.875. The maximum Gasteiger partial charge on any atom is 0 e. The quantitative estimate of drug-likeness (QED) is 0.0652. The number of carboxylic acids is 2. The molecule has 0 aromatic heterocycles. The average Bonchev–Trinajstić information content (AvgIpc) is 2.93. The fourth-order valence-corrected chi connectivity index (χ4v) is 5.40. The summed E-state index contributed by atoms with van der Waals surface area (Å²) in [4.78, 5) is 42.9. The van der Waals surface area contributed by atoms with Gasteiger partial charge in [0.05, 0.1) is 0 Å². The first-order chi connectivity index (χ1) is 19.7. The topological polar surface area (TPSA) is 127 Å². The third kappa shape index (κ3) is 52.0. The van der Waals surface area contributed by atoms with Crippen LogP contribution in [0.2, 0.25) is 0 Å². The Kier molecular flexibility index (Phi) is 48.8. The number of aliphatic carboxylic acids is 2. The van der Waals surface area contributed by atoms with Crippen LogP contribution in [-0.4, -0.2) is 59.2 Å². The number of carbonyl (C=O) groups is 4. The van der Waals surface area contributed by atoms with Gasteiger partial charge in [-0.1, -0.05) is 65.2 Å². The fourth-order valence-electron chi connectivity index (χ4n) is 3.72. The summed E-state index contributed by atoms with van der Waals surface area (Å²) in [5.74, 6) is -1.72. The van der Waals surface area contributed by atoms with Crippen molar-refractivity contribution in [2.45, 2.75) is 182 Å². The van der Waals surface area contributed by atoms with Gasteiger partial charge in [0.1, 0.15) is 0 Å². The maximum absolute atomic E-state index is 11.4. The Morgan fingerprint density at radius 2 is 0.667 bits per heavy atom. The smallest absolute Gasteiger partial charge is 0 e. The van der Waals surface area contributed by atoms with Crippen LogP contribution in [0, 0.1) is 0 Å². The summed E-state index contributed by atoms with van der Waals surface area (Å²) in [6, 6.07) is 0. The van der Waals surface area contributed by atoms with Gasteiger partial charge < -0.3 is 10.2 Å². The maximum atomic E-state index is 11.4. The van der Waals surface area contributed by atoms with Crippen LogP contribution >= 0.6 is 0 Å². The third-order valence-electron chi connectivity index (χ3n) is 6.27. The largest absolute Gasteiger partial charge is 0 e. The minimum absolute atomic E-state index is 0. The van der Waals surface area contributed by atoms with Crippen molar-refractivity contribution in [1.82, 2.24) is 0 Å². The number of carboxylic acid groups (broad SMARTS) is 2. The molecule has 0 heterocycles. The number of rotatable bonds is 26. The predicted molar refractivity (Wildman–Crippen MR) is 167 cm³/mol. The Bertz CT molecular complexity index is 555. The minimum atomic E-state index is -1.96. The van der Waals surface area contributed by atoms with E-state index < -0.39 is 37.1 Å². The van der Waals surface area contributed by atoms with E-state index in [1.165, 1.54) is 77.0 Å². The van der Waals surface area contributed by atoms with E-state index in [2.05, 4.69) is 27.7 Å². The molecule has 0 fully saturated rings. The van der Waals surface area contributed by atoms with E-state index >= 15 is 0 Å². The van der Waals surface area contributed by atoms with E-state index in [9.17, 15) is 19.2 Å². The SMILES string of the molecule is CCCCCCCC(=O)O.CCCCCCCC(=O)O.CCCCCCCC(=O)[O][Pb][O]C(=O)CCCCCCC.[Cu]. The molecule has 0 spiro atoms. The number of hydrogen-bond acceptors (Lipinski definition) is 6. The second kappa shape index (κ2) is 42.5. The van der Waals surface area contributed by atoms with Crippen molar-refractivity contribution in [2.75, 3.05) is 0 Å². The van der Waals surface area contributed by atoms with Gasteiger partial charge in [-0.25, -0.2) is 0 Å². The molecule has 42 heavy (non-hydrogen) atoms. The summed E-state index contributed by atoms with van der Waals surface area (Å²) in [5, 5.41) is 16.5. The molecule has 0 bridgehead atoms. The molecule has 0 rings (SSSR count). The molecule has 8 nitrogen and oxygen atoms in total. The normalized spacial score (nSPS) is 9.81. The van der Waals surface area contributed by atoms with Crippen molar-refractivity contribution in [3.63, 3.8) is 0 Å². The van der Waals surface area contributed by atoms with Crippen molar-refractivity contribution in [2.24, 2.45) is 0 Å². The Hall–Kier alpha value is -0.678. The van der Waals surface area contributed by atoms with Crippen molar-refractivity contribution >= 4 is 49.0 Å². The number of unbranched alkanes of at least 4 members (excludes halogenated alkanes) is 16. The second-order valence-corrected chi connectivity index (χ2v) is 12.7. The third-order valence-corrected chi connectivity index (χ3v) is 8.69. The molecule has 10 heteroatoms. The zero-order chi connectivity index (χ0) is 31.4. The molecule has 0 aliphatic carbocycles. The van der Waals surface area contributed by atoms with Gasteiger partial charge in [-0.05, 0) is 12.8 Å². The van der Waals surface area contributed by atoms with Crippen molar-refractivity contribution in [3.8, 4) is 0 Å². The van der Waals surface area contributed by atoms with Crippen LogP contribution in [0.4, 0.5) is 0 Å². The molecule has 0 amide bonds. The first-order valence-electron chi connectivity index (χ1n) is 16.3.